The highest BCUT2D eigenvalue weighted by atomic mass is 79.9. The second-order valence-electron chi connectivity index (χ2n) is 5.34. The molecule has 3 heterocycles. The highest BCUT2D eigenvalue weighted by Gasteiger charge is 2.11. The van der Waals surface area contributed by atoms with Gasteiger partial charge in [-0.2, -0.15) is 16.9 Å². The van der Waals surface area contributed by atoms with Crippen molar-refractivity contribution in [1.82, 2.24) is 20.1 Å². The topological polar surface area (TPSA) is 62.7 Å². The molecule has 0 unspecified atom stereocenters. The van der Waals surface area contributed by atoms with Gasteiger partial charge in [0.2, 0.25) is 5.91 Å². The van der Waals surface area contributed by atoms with E-state index in [0.717, 1.165) is 26.0 Å². The van der Waals surface area contributed by atoms with Crippen LogP contribution < -0.4 is 5.32 Å². The van der Waals surface area contributed by atoms with E-state index in [-0.39, 0.29) is 5.91 Å². The first-order valence-electron chi connectivity index (χ1n) is 7.91. The molecule has 0 spiro atoms. The number of rotatable bonds is 9. The fourth-order valence-corrected chi connectivity index (χ4v) is 5.68. The summed E-state index contributed by atoms with van der Waals surface area (Å²) in [4.78, 5) is 14.5. The van der Waals surface area contributed by atoms with E-state index in [1.165, 1.54) is 4.88 Å². The SMILES string of the molecule is O=C(CCn1c(-c2cccs2)n[nH]c1=S)NCCSCc1ccc(Br)s1. The van der Waals surface area contributed by atoms with Crippen molar-refractivity contribution in [1.29, 1.82) is 0 Å². The maximum absolute atomic E-state index is 12.1. The summed E-state index contributed by atoms with van der Waals surface area (Å²) < 4.78 is 3.57. The lowest BCUT2D eigenvalue weighted by atomic mass is 10.3. The summed E-state index contributed by atoms with van der Waals surface area (Å²) in [5.41, 5.74) is 0. The standard InChI is InChI=1S/C16H17BrN4OS4/c17-13-4-3-11(26-13)10-24-9-6-18-14(22)5-7-21-15(19-20-16(21)23)12-2-1-8-25-12/h1-4,8H,5-7,9-10H2,(H,18,22)(H,20,23). The van der Waals surface area contributed by atoms with E-state index >= 15 is 0 Å². The highest BCUT2D eigenvalue weighted by molar-refractivity contribution is 9.11. The second kappa shape index (κ2) is 9.84. The molecule has 26 heavy (non-hydrogen) atoms. The summed E-state index contributed by atoms with van der Waals surface area (Å²) in [6, 6.07) is 8.16. The summed E-state index contributed by atoms with van der Waals surface area (Å²) in [5.74, 6) is 2.69. The van der Waals surface area contributed by atoms with Crippen LogP contribution in [0, 0.1) is 4.77 Å². The third-order valence-electron chi connectivity index (χ3n) is 3.50. The smallest absolute Gasteiger partial charge is 0.221 e. The van der Waals surface area contributed by atoms with Gasteiger partial charge in [0.15, 0.2) is 10.6 Å². The van der Waals surface area contributed by atoms with Crippen LogP contribution in [0.3, 0.4) is 0 Å². The fraction of sp³-hybridized carbons (Fsp3) is 0.312. The van der Waals surface area contributed by atoms with Crippen LogP contribution in [-0.2, 0) is 17.1 Å². The predicted molar refractivity (Wildman–Crippen MR) is 117 cm³/mol. The highest BCUT2D eigenvalue weighted by Crippen LogP contribution is 2.25. The van der Waals surface area contributed by atoms with Crippen LogP contribution in [-0.4, -0.2) is 33.0 Å². The Hall–Kier alpha value is -0.940. The minimum atomic E-state index is 0.0321. The van der Waals surface area contributed by atoms with E-state index in [1.54, 1.807) is 22.7 Å². The number of H-pyrrole nitrogens is 1. The van der Waals surface area contributed by atoms with Crippen molar-refractivity contribution in [2.24, 2.45) is 0 Å². The Kier molecular flexibility index (Phi) is 7.50. The maximum atomic E-state index is 12.1. The Morgan fingerprint density at radius 2 is 2.31 bits per heavy atom. The van der Waals surface area contributed by atoms with E-state index in [0.29, 0.717) is 24.3 Å². The fourth-order valence-electron chi connectivity index (χ4n) is 2.29. The van der Waals surface area contributed by atoms with Gasteiger partial charge in [-0.25, -0.2) is 0 Å². The van der Waals surface area contributed by atoms with Crippen LogP contribution in [0.25, 0.3) is 10.7 Å². The number of thiophene rings is 2. The zero-order valence-electron chi connectivity index (χ0n) is 13.7. The molecule has 3 rings (SSSR count). The number of carbonyl (C=O) groups is 1. The summed E-state index contributed by atoms with van der Waals surface area (Å²) in [7, 11) is 0. The average molecular weight is 490 g/mol. The van der Waals surface area contributed by atoms with Crippen LogP contribution in [0.4, 0.5) is 0 Å². The molecule has 0 fully saturated rings. The Morgan fingerprint density at radius 1 is 1.42 bits per heavy atom. The van der Waals surface area contributed by atoms with E-state index in [9.17, 15) is 4.79 Å². The molecule has 0 saturated heterocycles. The van der Waals surface area contributed by atoms with Crippen LogP contribution in [0.2, 0.25) is 0 Å². The number of hydrogen-bond donors (Lipinski definition) is 2. The lowest BCUT2D eigenvalue weighted by Gasteiger charge is -2.07. The van der Waals surface area contributed by atoms with Gasteiger partial charge in [-0.15, -0.1) is 22.7 Å². The minimum absolute atomic E-state index is 0.0321. The van der Waals surface area contributed by atoms with E-state index in [1.807, 2.05) is 33.8 Å². The van der Waals surface area contributed by atoms with E-state index < -0.39 is 0 Å². The zero-order valence-corrected chi connectivity index (χ0v) is 18.6. The number of amides is 1. The monoisotopic (exact) mass is 488 g/mol. The molecule has 0 aromatic carbocycles. The van der Waals surface area contributed by atoms with Gasteiger partial charge in [-0.05, 0) is 51.7 Å². The number of hydrogen-bond acceptors (Lipinski definition) is 6. The number of aromatic amines is 1. The van der Waals surface area contributed by atoms with Crippen molar-refractivity contribution < 1.29 is 4.79 Å². The predicted octanol–water partition coefficient (Wildman–Crippen LogP) is 4.93. The molecule has 5 nitrogen and oxygen atoms in total. The van der Waals surface area contributed by atoms with Gasteiger partial charge in [0, 0.05) is 35.9 Å². The van der Waals surface area contributed by atoms with Gasteiger partial charge in [-0.3, -0.25) is 14.5 Å². The average Bonchev–Trinajstić information content (AvgIpc) is 3.34. The van der Waals surface area contributed by atoms with Crippen LogP contribution >= 0.6 is 62.6 Å². The normalized spacial score (nSPS) is 11.0. The molecule has 0 saturated carbocycles. The Morgan fingerprint density at radius 3 is 3.04 bits per heavy atom. The van der Waals surface area contributed by atoms with Gasteiger partial charge in [-0.1, -0.05) is 6.07 Å². The first-order chi connectivity index (χ1) is 12.6. The van der Waals surface area contributed by atoms with Crippen LogP contribution in [0.1, 0.15) is 11.3 Å². The zero-order chi connectivity index (χ0) is 18.4. The van der Waals surface area contributed by atoms with E-state index in [2.05, 4.69) is 43.6 Å². The number of carbonyl (C=O) groups excluding carboxylic acids is 1. The van der Waals surface area contributed by atoms with Crippen molar-refractivity contribution >= 4 is 68.5 Å². The number of nitrogens with zero attached hydrogens (tertiary/aromatic N) is 2. The van der Waals surface area contributed by atoms with E-state index in [4.69, 9.17) is 12.2 Å². The summed E-state index contributed by atoms with van der Waals surface area (Å²) in [6.45, 7) is 1.19. The van der Waals surface area contributed by atoms with Crippen molar-refractivity contribution in [2.45, 2.75) is 18.7 Å². The molecule has 0 atom stereocenters. The second-order valence-corrected chi connectivity index (χ2v) is 10.3. The molecule has 10 heteroatoms. The van der Waals surface area contributed by atoms with Gasteiger partial charge in [0.25, 0.3) is 0 Å². The lowest BCUT2D eigenvalue weighted by molar-refractivity contribution is -0.121. The number of nitrogens with one attached hydrogen (secondary N) is 2. The summed E-state index contributed by atoms with van der Waals surface area (Å²) >= 11 is 13.9. The Bertz CT molecular complexity index is 900. The molecule has 1 amide bonds. The largest absolute Gasteiger partial charge is 0.355 e. The Labute approximate surface area is 177 Å². The maximum Gasteiger partial charge on any atom is 0.221 e. The minimum Gasteiger partial charge on any atom is -0.355 e. The van der Waals surface area contributed by atoms with Crippen molar-refractivity contribution in [2.75, 3.05) is 12.3 Å². The quantitative estimate of drug-likeness (QED) is 0.331. The summed E-state index contributed by atoms with van der Waals surface area (Å²) in [5, 5.41) is 12.0. The molecule has 3 aromatic rings. The molecule has 0 aliphatic heterocycles. The first-order valence-corrected chi connectivity index (χ1v) is 12.0. The number of aromatic nitrogens is 3. The molecular weight excluding hydrogens is 472 g/mol. The third-order valence-corrected chi connectivity index (χ3v) is 7.50. The molecule has 3 aromatic heterocycles. The molecule has 0 aliphatic carbocycles. The van der Waals surface area contributed by atoms with Crippen molar-refractivity contribution in [3.8, 4) is 10.7 Å². The van der Waals surface area contributed by atoms with Crippen molar-refractivity contribution in [3.05, 3.63) is 43.1 Å². The Balaban J connectivity index is 1.39. The van der Waals surface area contributed by atoms with Gasteiger partial charge in [0.1, 0.15) is 0 Å². The van der Waals surface area contributed by atoms with Crippen LogP contribution in [0.15, 0.2) is 33.4 Å². The van der Waals surface area contributed by atoms with Gasteiger partial charge in [0.05, 0.1) is 8.66 Å². The number of thioether (sulfide) groups is 1. The lowest BCUT2D eigenvalue weighted by Crippen LogP contribution is -2.26. The molecule has 138 valence electrons. The first kappa shape index (κ1) is 19.8. The van der Waals surface area contributed by atoms with Crippen LogP contribution in [0.5, 0.6) is 0 Å². The molecule has 2 N–H and O–H groups in total. The molecule has 0 aliphatic rings. The molecule has 0 radical (unpaired) electrons. The number of halogens is 1. The van der Waals surface area contributed by atoms with Gasteiger partial charge >= 0.3 is 0 Å². The third kappa shape index (κ3) is 5.53. The molecular formula is C16H17BrN4OS4. The van der Waals surface area contributed by atoms with Crippen molar-refractivity contribution in [3.63, 3.8) is 0 Å². The van der Waals surface area contributed by atoms with Gasteiger partial charge < -0.3 is 5.32 Å². The molecule has 0 bridgehead atoms. The summed E-state index contributed by atoms with van der Waals surface area (Å²) in [6.07, 6.45) is 0.384.